The van der Waals surface area contributed by atoms with Gasteiger partial charge in [0.05, 0.1) is 11.9 Å². The number of hydrogen-bond acceptors (Lipinski definition) is 3. The van der Waals surface area contributed by atoms with Gasteiger partial charge in [0, 0.05) is 16.3 Å². The number of aromatic nitrogens is 1. The van der Waals surface area contributed by atoms with Gasteiger partial charge in [-0.15, -0.1) is 11.8 Å². The van der Waals surface area contributed by atoms with Crippen LogP contribution >= 0.6 is 11.8 Å². The first-order chi connectivity index (χ1) is 8.34. The lowest BCUT2D eigenvalue weighted by atomic mass is 10.1. The van der Waals surface area contributed by atoms with Crippen molar-refractivity contribution in [1.29, 1.82) is 0 Å². The zero-order valence-electron chi connectivity index (χ0n) is 9.41. The Morgan fingerprint density at radius 2 is 2.00 bits per heavy atom. The molecule has 2 unspecified atom stereocenters. The van der Waals surface area contributed by atoms with E-state index in [1.54, 1.807) is 12.4 Å². The van der Waals surface area contributed by atoms with Crippen molar-refractivity contribution in [1.82, 2.24) is 4.98 Å². The molecular formula is C14H14N2S. The molecule has 0 spiro atoms. The van der Waals surface area contributed by atoms with E-state index in [0.717, 1.165) is 10.6 Å². The molecule has 2 N–H and O–H groups in total. The SMILES string of the molecule is Nc1cnccc1SC1CC1c1ccccc1. The fraction of sp³-hybridized carbons (Fsp3) is 0.214. The second-order valence-electron chi connectivity index (χ2n) is 4.32. The minimum atomic E-state index is 0.669. The third-order valence-electron chi connectivity index (χ3n) is 3.05. The lowest BCUT2D eigenvalue weighted by Crippen LogP contribution is -1.91. The average molecular weight is 242 g/mol. The second kappa shape index (κ2) is 4.41. The zero-order chi connectivity index (χ0) is 11.7. The molecule has 86 valence electrons. The first kappa shape index (κ1) is 10.7. The Morgan fingerprint density at radius 3 is 2.76 bits per heavy atom. The predicted molar refractivity (Wildman–Crippen MR) is 72.1 cm³/mol. The molecule has 1 heterocycles. The van der Waals surface area contributed by atoms with Gasteiger partial charge in [-0.05, 0) is 24.0 Å². The fourth-order valence-corrected chi connectivity index (χ4v) is 3.30. The van der Waals surface area contributed by atoms with Gasteiger partial charge in [-0.1, -0.05) is 30.3 Å². The molecule has 1 aliphatic rings. The van der Waals surface area contributed by atoms with Crippen LogP contribution in [0, 0.1) is 0 Å². The quantitative estimate of drug-likeness (QED) is 0.897. The van der Waals surface area contributed by atoms with E-state index in [1.807, 2.05) is 17.8 Å². The molecule has 1 aromatic heterocycles. The first-order valence-electron chi connectivity index (χ1n) is 5.75. The van der Waals surface area contributed by atoms with Gasteiger partial charge in [0.15, 0.2) is 0 Å². The van der Waals surface area contributed by atoms with E-state index < -0.39 is 0 Å². The molecule has 2 nitrogen and oxygen atoms in total. The van der Waals surface area contributed by atoms with Gasteiger partial charge in [-0.2, -0.15) is 0 Å². The maximum Gasteiger partial charge on any atom is 0.0638 e. The van der Waals surface area contributed by atoms with Crippen molar-refractivity contribution < 1.29 is 0 Å². The predicted octanol–water partition coefficient (Wildman–Crippen LogP) is 3.31. The van der Waals surface area contributed by atoms with Gasteiger partial charge in [-0.25, -0.2) is 0 Å². The number of pyridine rings is 1. The van der Waals surface area contributed by atoms with Crippen LogP contribution in [0.15, 0.2) is 53.7 Å². The zero-order valence-corrected chi connectivity index (χ0v) is 10.2. The first-order valence-corrected chi connectivity index (χ1v) is 6.63. The summed E-state index contributed by atoms with van der Waals surface area (Å²) in [5.41, 5.74) is 8.13. The van der Waals surface area contributed by atoms with Crippen LogP contribution in [0.3, 0.4) is 0 Å². The van der Waals surface area contributed by atoms with Gasteiger partial charge in [0.1, 0.15) is 0 Å². The summed E-state index contributed by atoms with van der Waals surface area (Å²) in [6.07, 6.45) is 4.78. The molecule has 2 aromatic rings. The molecule has 0 amide bonds. The lowest BCUT2D eigenvalue weighted by Gasteiger charge is -2.04. The molecule has 0 aliphatic heterocycles. The summed E-state index contributed by atoms with van der Waals surface area (Å²) >= 11 is 1.87. The highest BCUT2D eigenvalue weighted by Gasteiger charge is 2.39. The van der Waals surface area contributed by atoms with Crippen molar-refractivity contribution in [2.75, 3.05) is 5.73 Å². The smallest absolute Gasteiger partial charge is 0.0638 e. The Morgan fingerprint density at radius 1 is 1.18 bits per heavy atom. The Bertz CT molecular complexity index is 513. The third-order valence-corrected chi connectivity index (χ3v) is 4.50. The summed E-state index contributed by atoms with van der Waals surface area (Å²) in [5, 5.41) is 0.669. The van der Waals surface area contributed by atoms with Crippen LogP contribution in [-0.4, -0.2) is 10.2 Å². The summed E-state index contributed by atoms with van der Waals surface area (Å²) in [6, 6.07) is 12.7. The van der Waals surface area contributed by atoms with E-state index in [2.05, 4.69) is 35.3 Å². The maximum absolute atomic E-state index is 5.90. The highest BCUT2D eigenvalue weighted by molar-refractivity contribution is 8.00. The summed E-state index contributed by atoms with van der Waals surface area (Å²) in [6.45, 7) is 0. The van der Waals surface area contributed by atoms with Gasteiger partial charge < -0.3 is 5.73 Å². The highest BCUT2D eigenvalue weighted by Crippen LogP contribution is 2.52. The maximum atomic E-state index is 5.90. The van der Waals surface area contributed by atoms with Crippen LogP contribution in [0.25, 0.3) is 0 Å². The third kappa shape index (κ3) is 2.29. The number of thioether (sulfide) groups is 1. The molecule has 1 saturated carbocycles. The Hall–Kier alpha value is -1.48. The molecule has 0 bridgehead atoms. The Kier molecular flexibility index (Phi) is 2.77. The molecule has 3 heteroatoms. The molecule has 1 aromatic carbocycles. The van der Waals surface area contributed by atoms with Crippen LogP contribution in [-0.2, 0) is 0 Å². The van der Waals surface area contributed by atoms with Crippen molar-refractivity contribution in [3.8, 4) is 0 Å². The standard InChI is InChI=1S/C14H14N2S/c15-12-9-16-7-6-13(12)17-14-8-11(14)10-4-2-1-3-5-10/h1-7,9,11,14H,8,15H2. The highest BCUT2D eigenvalue weighted by atomic mass is 32.2. The van der Waals surface area contributed by atoms with Crippen molar-refractivity contribution in [3.63, 3.8) is 0 Å². The van der Waals surface area contributed by atoms with Crippen LogP contribution in [0.5, 0.6) is 0 Å². The number of benzene rings is 1. The minimum absolute atomic E-state index is 0.669. The summed E-state index contributed by atoms with van der Waals surface area (Å²) in [7, 11) is 0. The fourth-order valence-electron chi connectivity index (χ4n) is 2.02. The van der Waals surface area contributed by atoms with Gasteiger partial charge >= 0.3 is 0 Å². The van der Waals surface area contributed by atoms with E-state index in [0.29, 0.717) is 11.2 Å². The topological polar surface area (TPSA) is 38.9 Å². The molecule has 0 radical (unpaired) electrons. The molecule has 3 rings (SSSR count). The number of nitrogens with two attached hydrogens (primary N) is 1. The number of nitrogens with zero attached hydrogens (tertiary/aromatic N) is 1. The molecule has 0 saturated heterocycles. The Balaban J connectivity index is 1.69. The monoisotopic (exact) mass is 242 g/mol. The van der Waals surface area contributed by atoms with E-state index in [-0.39, 0.29) is 0 Å². The van der Waals surface area contributed by atoms with E-state index >= 15 is 0 Å². The van der Waals surface area contributed by atoms with Crippen molar-refractivity contribution in [3.05, 3.63) is 54.4 Å². The van der Waals surface area contributed by atoms with E-state index in [1.165, 1.54) is 12.0 Å². The van der Waals surface area contributed by atoms with Crippen molar-refractivity contribution >= 4 is 17.4 Å². The minimum Gasteiger partial charge on any atom is -0.397 e. The van der Waals surface area contributed by atoms with Crippen LogP contribution in [0.4, 0.5) is 5.69 Å². The molecule has 1 fully saturated rings. The lowest BCUT2D eigenvalue weighted by molar-refractivity contribution is 1.13. The van der Waals surface area contributed by atoms with Crippen LogP contribution < -0.4 is 5.73 Å². The summed E-state index contributed by atoms with van der Waals surface area (Å²) in [4.78, 5) is 5.17. The summed E-state index contributed by atoms with van der Waals surface area (Å²) in [5.74, 6) is 0.689. The largest absolute Gasteiger partial charge is 0.397 e. The number of rotatable bonds is 3. The molecule has 17 heavy (non-hydrogen) atoms. The van der Waals surface area contributed by atoms with Crippen molar-refractivity contribution in [2.24, 2.45) is 0 Å². The van der Waals surface area contributed by atoms with Crippen LogP contribution in [0.2, 0.25) is 0 Å². The number of hydrogen-bond donors (Lipinski definition) is 1. The van der Waals surface area contributed by atoms with Crippen molar-refractivity contribution in [2.45, 2.75) is 22.5 Å². The van der Waals surface area contributed by atoms with E-state index in [9.17, 15) is 0 Å². The van der Waals surface area contributed by atoms with Gasteiger partial charge in [-0.3, -0.25) is 4.98 Å². The average Bonchev–Trinajstić information content (AvgIpc) is 3.13. The van der Waals surface area contributed by atoms with Gasteiger partial charge in [0.25, 0.3) is 0 Å². The molecular weight excluding hydrogens is 228 g/mol. The van der Waals surface area contributed by atoms with Gasteiger partial charge in [0.2, 0.25) is 0 Å². The summed E-state index contributed by atoms with van der Waals surface area (Å²) < 4.78 is 0. The van der Waals surface area contributed by atoms with E-state index in [4.69, 9.17) is 5.73 Å². The Labute approximate surface area is 105 Å². The molecule has 2 atom stereocenters. The molecule has 1 aliphatic carbocycles. The number of anilines is 1. The second-order valence-corrected chi connectivity index (χ2v) is 5.60. The van der Waals surface area contributed by atoms with Crippen LogP contribution in [0.1, 0.15) is 17.9 Å². The normalized spacial score (nSPS) is 22.4. The number of nitrogen functional groups attached to an aromatic ring is 1.